The number of aryl methyl sites for hydroxylation is 1. The van der Waals surface area contributed by atoms with Crippen LogP contribution in [0.1, 0.15) is 21.5 Å². The summed E-state index contributed by atoms with van der Waals surface area (Å²) >= 11 is 1.39. The number of hydrogen-bond donors (Lipinski definition) is 1. The summed E-state index contributed by atoms with van der Waals surface area (Å²) in [6.07, 6.45) is 3.45. The van der Waals surface area contributed by atoms with Crippen LogP contribution in [0.4, 0.5) is 0 Å². The first-order chi connectivity index (χ1) is 13.9. The average Bonchev–Trinajstić information content (AvgIpc) is 3.17. The smallest absolute Gasteiger partial charge is 0.329 e. The molecule has 2 heterocycles. The van der Waals surface area contributed by atoms with Crippen LogP contribution in [0.3, 0.4) is 0 Å². The predicted molar refractivity (Wildman–Crippen MR) is 109 cm³/mol. The molecule has 154 valence electrons. The summed E-state index contributed by atoms with van der Waals surface area (Å²) in [4.78, 5) is 37.6. The number of carbonyl (C=O) groups excluding carboxylic acids is 2. The van der Waals surface area contributed by atoms with Crippen molar-refractivity contribution in [2.24, 2.45) is 0 Å². The van der Waals surface area contributed by atoms with Crippen LogP contribution in [0.5, 0.6) is 11.5 Å². The molecule has 0 saturated heterocycles. The van der Waals surface area contributed by atoms with E-state index in [1.807, 2.05) is 12.3 Å². The number of amides is 1. The number of nitrogens with zero attached hydrogens (tertiary/aromatic N) is 1. The highest BCUT2D eigenvalue weighted by Gasteiger charge is 2.24. The SMILES string of the molecule is COC(=O)[C@H](CSC)NC(=O)c1c(C)ccn(Cc2ccc3c(c2)OCO3)c1=O. The first-order valence-electron chi connectivity index (χ1n) is 8.90. The molecule has 29 heavy (non-hydrogen) atoms. The molecular formula is C20H22N2O6S. The first kappa shape index (κ1) is 20.8. The number of pyridine rings is 1. The lowest BCUT2D eigenvalue weighted by Crippen LogP contribution is -2.45. The Balaban J connectivity index is 1.85. The van der Waals surface area contributed by atoms with Gasteiger partial charge in [-0.25, -0.2) is 4.79 Å². The van der Waals surface area contributed by atoms with Gasteiger partial charge in [0, 0.05) is 11.9 Å². The Labute approximate surface area is 172 Å². The van der Waals surface area contributed by atoms with Crippen molar-refractivity contribution in [2.45, 2.75) is 19.5 Å². The molecule has 0 unspecified atom stereocenters. The molecule has 0 fully saturated rings. The van der Waals surface area contributed by atoms with Gasteiger partial charge < -0.3 is 24.1 Å². The van der Waals surface area contributed by atoms with Gasteiger partial charge in [-0.3, -0.25) is 9.59 Å². The second kappa shape index (κ2) is 9.04. The van der Waals surface area contributed by atoms with Gasteiger partial charge >= 0.3 is 5.97 Å². The van der Waals surface area contributed by atoms with Crippen LogP contribution >= 0.6 is 11.8 Å². The van der Waals surface area contributed by atoms with E-state index in [1.54, 1.807) is 31.3 Å². The van der Waals surface area contributed by atoms with Gasteiger partial charge in [0.15, 0.2) is 11.5 Å². The summed E-state index contributed by atoms with van der Waals surface area (Å²) in [7, 11) is 1.26. The van der Waals surface area contributed by atoms with Crippen LogP contribution in [0.25, 0.3) is 0 Å². The van der Waals surface area contributed by atoms with Gasteiger partial charge in [-0.15, -0.1) is 0 Å². The second-order valence-electron chi connectivity index (χ2n) is 6.50. The molecule has 1 aromatic heterocycles. The molecule has 0 bridgehead atoms. The topological polar surface area (TPSA) is 95.9 Å². The van der Waals surface area contributed by atoms with Crippen LogP contribution in [-0.4, -0.2) is 48.4 Å². The number of fused-ring (bicyclic) bond motifs is 1. The highest BCUT2D eigenvalue weighted by atomic mass is 32.2. The molecular weight excluding hydrogens is 396 g/mol. The molecule has 0 aliphatic carbocycles. The van der Waals surface area contributed by atoms with Gasteiger partial charge in [-0.2, -0.15) is 11.8 Å². The third-order valence-corrected chi connectivity index (χ3v) is 5.18. The lowest BCUT2D eigenvalue weighted by atomic mass is 10.1. The molecule has 1 aromatic carbocycles. The van der Waals surface area contributed by atoms with Gasteiger partial charge in [0.25, 0.3) is 11.5 Å². The molecule has 2 aromatic rings. The summed E-state index contributed by atoms with van der Waals surface area (Å²) in [5.74, 6) is 0.473. The first-order valence-corrected chi connectivity index (χ1v) is 10.3. The van der Waals surface area contributed by atoms with Crippen LogP contribution in [0.15, 0.2) is 35.3 Å². The largest absolute Gasteiger partial charge is 0.467 e. The number of nitrogens with one attached hydrogen (secondary N) is 1. The summed E-state index contributed by atoms with van der Waals surface area (Å²) in [5, 5.41) is 2.61. The maximum atomic E-state index is 13.0. The second-order valence-corrected chi connectivity index (χ2v) is 7.41. The number of carbonyl (C=O) groups is 2. The Morgan fingerprint density at radius 3 is 2.76 bits per heavy atom. The Kier molecular flexibility index (Phi) is 6.48. The molecule has 8 nitrogen and oxygen atoms in total. The van der Waals surface area contributed by atoms with Gasteiger partial charge in [-0.05, 0) is 42.5 Å². The van der Waals surface area contributed by atoms with Crippen molar-refractivity contribution in [3.8, 4) is 11.5 Å². The zero-order chi connectivity index (χ0) is 21.0. The maximum absolute atomic E-state index is 13.0. The lowest BCUT2D eigenvalue weighted by Gasteiger charge is -2.17. The van der Waals surface area contributed by atoms with Crippen molar-refractivity contribution in [3.05, 3.63) is 57.5 Å². The summed E-state index contributed by atoms with van der Waals surface area (Å²) < 4.78 is 16.8. The summed E-state index contributed by atoms with van der Waals surface area (Å²) in [6.45, 7) is 2.12. The predicted octanol–water partition coefficient (Wildman–Crippen LogP) is 1.57. The van der Waals surface area contributed by atoms with Crippen molar-refractivity contribution in [1.29, 1.82) is 0 Å². The van der Waals surface area contributed by atoms with Gasteiger partial charge in [-0.1, -0.05) is 6.07 Å². The van der Waals surface area contributed by atoms with Gasteiger partial charge in [0.05, 0.1) is 13.7 Å². The molecule has 0 saturated carbocycles. The normalized spacial score (nSPS) is 13.1. The minimum absolute atomic E-state index is 0.00301. The van der Waals surface area contributed by atoms with E-state index < -0.39 is 23.5 Å². The van der Waals surface area contributed by atoms with E-state index >= 15 is 0 Å². The lowest BCUT2D eigenvalue weighted by molar-refractivity contribution is -0.142. The Morgan fingerprint density at radius 1 is 1.28 bits per heavy atom. The van der Waals surface area contributed by atoms with E-state index in [0.29, 0.717) is 22.8 Å². The zero-order valence-corrected chi connectivity index (χ0v) is 17.2. The molecule has 9 heteroatoms. The summed E-state index contributed by atoms with van der Waals surface area (Å²) in [6, 6.07) is 6.30. The Hall–Kier alpha value is -2.94. The number of benzene rings is 1. The van der Waals surface area contributed by atoms with Crippen LogP contribution in [0, 0.1) is 6.92 Å². The van der Waals surface area contributed by atoms with Crippen LogP contribution in [0.2, 0.25) is 0 Å². The molecule has 1 N–H and O–H groups in total. The molecule has 0 spiro atoms. The van der Waals surface area contributed by atoms with Crippen molar-refractivity contribution >= 4 is 23.6 Å². The number of esters is 1. The monoisotopic (exact) mass is 418 g/mol. The summed E-state index contributed by atoms with van der Waals surface area (Å²) in [5.41, 5.74) is 0.930. The number of hydrogen-bond acceptors (Lipinski definition) is 7. The fraction of sp³-hybridized carbons (Fsp3) is 0.350. The van der Waals surface area contributed by atoms with Crippen LogP contribution in [-0.2, 0) is 16.1 Å². The fourth-order valence-corrected chi connectivity index (χ4v) is 3.56. The van der Waals surface area contributed by atoms with E-state index in [1.165, 1.54) is 23.4 Å². The van der Waals surface area contributed by atoms with E-state index in [-0.39, 0.29) is 18.9 Å². The number of aromatic nitrogens is 1. The Bertz CT molecular complexity index is 987. The van der Waals surface area contributed by atoms with Crippen molar-refractivity contribution in [1.82, 2.24) is 9.88 Å². The fourth-order valence-electron chi connectivity index (χ4n) is 3.01. The van der Waals surface area contributed by atoms with Crippen molar-refractivity contribution in [2.75, 3.05) is 25.9 Å². The molecule has 1 amide bonds. The standard InChI is InChI=1S/C20H22N2O6S/c1-12-6-7-22(9-13-4-5-15-16(8-13)28-11-27-15)19(24)17(12)18(23)21-14(10-29-3)20(25)26-2/h4-8,14H,9-11H2,1-3H3,(H,21,23)/t14-/m0/s1. The Morgan fingerprint density at radius 2 is 2.03 bits per heavy atom. The molecule has 1 aliphatic rings. The minimum Gasteiger partial charge on any atom is -0.467 e. The number of ether oxygens (including phenoxy) is 3. The molecule has 1 atom stereocenters. The average molecular weight is 418 g/mol. The third kappa shape index (κ3) is 4.56. The highest BCUT2D eigenvalue weighted by molar-refractivity contribution is 7.98. The quantitative estimate of drug-likeness (QED) is 0.682. The number of rotatable bonds is 7. The maximum Gasteiger partial charge on any atom is 0.329 e. The molecule has 0 radical (unpaired) electrons. The minimum atomic E-state index is -0.830. The molecule has 3 rings (SSSR count). The van der Waals surface area contributed by atoms with E-state index in [9.17, 15) is 14.4 Å². The van der Waals surface area contributed by atoms with E-state index in [4.69, 9.17) is 14.2 Å². The number of methoxy groups -OCH3 is 1. The highest BCUT2D eigenvalue weighted by Crippen LogP contribution is 2.32. The third-order valence-electron chi connectivity index (χ3n) is 4.51. The number of thioether (sulfide) groups is 1. The van der Waals surface area contributed by atoms with Crippen LogP contribution < -0.4 is 20.3 Å². The van der Waals surface area contributed by atoms with Gasteiger partial charge in [0.1, 0.15) is 11.6 Å². The van der Waals surface area contributed by atoms with E-state index in [0.717, 1.165) is 5.56 Å². The van der Waals surface area contributed by atoms with Crippen molar-refractivity contribution in [3.63, 3.8) is 0 Å². The molecule has 1 aliphatic heterocycles. The van der Waals surface area contributed by atoms with Crippen molar-refractivity contribution < 1.29 is 23.8 Å². The van der Waals surface area contributed by atoms with E-state index in [2.05, 4.69) is 5.32 Å². The van der Waals surface area contributed by atoms with Gasteiger partial charge in [0.2, 0.25) is 6.79 Å². The zero-order valence-electron chi connectivity index (χ0n) is 16.4.